The smallest absolute Gasteiger partial charge is 0.258 e. The molecule has 2 aromatic carbocycles. The standard InChI is InChI=1S/C22H22ClN3O2/c1-2-3-13-26(21(27)12-11-16-7-6-8-17(23)14-16)15-20-24-19-10-5-4-9-18(19)22(28)25-20/h4-12,14H,2-3,13,15H2,1H3,(H,24,25,28)/b12-11+. The van der Waals surface area contributed by atoms with Gasteiger partial charge in [0.05, 0.1) is 17.4 Å². The second-order valence-corrected chi connectivity index (χ2v) is 6.97. The van der Waals surface area contributed by atoms with Crippen molar-refractivity contribution in [1.82, 2.24) is 14.9 Å². The number of aromatic nitrogens is 2. The summed E-state index contributed by atoms with van der Waals surface area (Å²) in [7, 11) is 0. The number of hydrogen-bond donors (Lipinski definition) is 1. The van der Waals surface area contributed by atoms with Crippen molar-refractivity contribution in [3.63, 3.8) is 0 Å². The van der Waals surface area contributed by atoms with E-state index in [-0.39, 0.29) is 18.0 Å². The molecule has 0 bridgehead atoms. The number of para-hydroxylation sites is 1. The molecule has 0 saturated heterocycles. The Morgan fingerprint density at radius 3 is 2.82 bits per heavy atom. The summed E-state index contributed by atoms with van der Waals surface area (Å²) in [6, 6.07) is 14.5. The first-order valence-electron chi connectivity index (χ1n) is 9.27. The van der Waals surface area contributed by atoms with Crippen molar-refractivity contribution in [3.8, 4) is 0 Å². The first-order valence-corrected chi connectivity index (χ1v) is 9.65. The Labute approximate surface area is 168 Å². The van der Waals surface area contributed by atoms with Crippen LogP contribution < -0.4 is 5.56 Å². The van der Waals surface area contributed by atoms with Crippen LogP contribution in [0.3, 0.4) is 0 Å². The maximum absolute atomic E-state index is 12.7. The van der Waals surface area contributed by atoms with Crippen molar-refractivity contribution in [3.05, 3.63) is 81.4 Å². The maximum Gasteiger partial charge on any atom is 0.258 e. The number of fused-ring (bicyclic) bond motifs is 1. The zero-order valence-corrected chi connectivity index (χ0v) is 16.4. The van der Waals surface area contributed by atoms with E-state index in [1.165, 1.54) is 6.08 Å². The van der Waals surface area contributed by atoms with Gasteiger partial charge in [-0.15, -0.1) is 0 Å². The summed E-state index contributed by atoms with van der Waals surface area (Å²) < 4.78 is 0. The quantitative estimate of drug-likeness (QED) is 0.602. The molecule has 0 spiro atoms. The minimum atomic E-state index is -0.196. The number of hydrogen-bond acceptors (Lipinski definition) is 3. The molecule has 0 aliphatic heterocycles. The lowest BCUT2D eigenvalue weighted by Crippen LogP contribution is -2.31. The van der Waals surface area contributed by atoms with Gasteiger partial charge in [-0.3, -0.25) is 9.59 Å². The van der Waals surface area contributed by atoms with Crippen LogP contribution in [-0.4, -0.2) is 27.3 Å². The van der Waals surface area contributed by atoms with Crippen LogP contribution in [0.2, 0.25) is 5.02 Å². The third-order valence-electron chi connectivity index (χ3n) is 4.36. The van der Waals surface area contributed by atoms with Crippen LogP contribution in [0.5, 0.6) is 0 Å². The molecule has 0 atom stereocenters. The molecule has 0 radical (unpaired) electrons. The van der Waals surface area contributed by atoms with Gasteiger partial charge >= 0.3 is 0 Å². The van der Waals surface area contributed by atoms with Crippen molar-refractivity contribution in [2.75, 3.05) is 6.54 Å². The molecule has 1 amide bonds. The molecule has 6 heteroatoms. The molecule has 1 aromatic heterocycles. The van der Waals surface area contributed by atoms with E-state index in [1.54, 1.807) is 41.3 Å². The summed E-state index contributed by atoms with van der Waals surface area (Å²) in [5, 5.41) is 1.16. The maximum atomic E-state index is 12.7. The predicted molar refractivity (Wildman–Crippen MR) is 113 cm³/mol. The van der Waals surface area contributed by atoms with E-state index >= 15 is 0 Å². The van der Waals surface area contributed by atoms with Gasteiger partial charge in [-0.05, 0) is 42.3 Å². The van der Waals surface area contributed by atoms with Gasteiger partial charge in [0.25, 0.3) is 5.56 Å². The molecule has 0 unspecified atom stereocenters. The number of rotatable bonds is 7. The van der Waals surface area contributed by atoms with E-state index in [0.717, 1.165) is 18.4 Å². The Bertz CT molecular complexity index is 1060. The lowest BCUT2D eigenvalue weighted by molar-refractivity contribution is -0.126. The van der Waals surface area contributed by atoms with Gasteiger partial charge < -0.3 is 9.88 Å². The molecule has 0 fully saturated rings. The van der Waals surface area contributed by atoms with Crippen LogP contribution in [-0.2, 0) is 11.3 Å². The summed E-state index contributed by atoms with van der Waals surface area (Å²) in [5.74, 6) is 0.341. The highest BCUT2D eigenvalue weighted by Crippen LogP contribution is 2.13. The molecule has 0 aliphatic rings. The number of halogens is 1. The molecule has 1 heterocycles. The predicted octanol–water partition coefficient (Wildman–Crippen LogP) is 4.42. The Kier molecular flexibility index (Phi) is 6.61. The lowest BCUT2D eigenvalue weighted by Gasteiger charge is -2.20. The highest BCUT2D eigenvalue weighted by Gasteiger charge is 2.13. The largest absolute Gasteiger partial charge is 0.332 e. The van der Waals surface area contributed by atoms with Crippen molar-refractivity contribution in [2.24, 2.45) is 0 Å². The monoisotopic (exact) mass is 395 g/mol. The van der Waals surface area contributed by atoms with Crippen molar-refractivity contribution in [1.29, 1.82) is 0 Å². The van der Waals surface area contributed by atoms with Gasteiger partial charge in [-0.2, -0.15) is 0 Å². The van der Waals surface area contributed by atoms with E-state index in [9.17, 15) is 9.59 Å². The van der Waals surface area contributed by atoms with Gasteiger partial charge in [0.2, 0.25) is 5.91 Å². The number of benzene rings is 2. The van der Waals surface area contributed by atoms with Gasteiger partial charge in [-0.1, -0.05) is 49.2 Å². The fourth-order valence-corrected chi connectivity index (χ4v) is 3.09. The second-order valence-electron chi connectivity index (χ2n) is 6.53. The summed E-state index contributed by atoms with van der Waals surface area (Å²) in [6.07, 6.45) is 5.10. The summed E-state index contributed by atoms with van der Waals surface area (Å²) >= 11 is 5.99. The van der Waals surface area contributed by atoms with Crippen molar-refractivity contribution >= 4 is 34.5 Å². The number of carbonyl (C=O) groups is 1. The van der Waals surface area contributed by atoms with Gasteiger partial charge in [-0.25, -0.2) is 4.98 Å². The molecule has 0 aliphatic carbocycles. The molecular weight excluding hydrogens is 374 g/mol. The number of H-pyrrole nitrogens is 1. The zero-order chi connectivity index (χ0) is 19.9. The number of unbranched alkanes of at least 4 members (excludes halogenated alkanes) is 1. The fraction of sp³-hybridized carbons (Fsp3) is 0.227. The van der Waals surface area contributed by atoms with Crippen LogP contribution in [0.25, 0.3) is 17.0 Å². The van der Waals surface area contributed by atoms with Gasteiger partial charge in [0, 0.05) is 17.6 Å². The third kappa shape index (κ3) is 5.08. The average molecular weight is 396 g/mol. The number of carbonyl (C=O) groups excluding carboxylic acids is 1. The first-order chi connectivity index (χ1) is 13.6. The molecule has 5 nitrogen and oxygen atoms in total. The average Bonchev–Trinajstić information content (AvgIpc) is 2.69. The van der Waals surface area contributed by atoms with Gasteiger partial charge in [0.1, 0.15) is 5.82 Å². The fourth-order valence-electron chi connectivity index (χ4n) is 2.89. The van der Waals surface area contributed by atoms with Crippen molar-refractivity contribution < 1.29 is 4.79 Å². The van der Waals surface area contributed by atoms with Crippen LogP contribution in [0.1, 0.15) is 31.2 Å². The summed E-state index contributed by atoms with van der Waals surface area (Å²) in [4.78, 5) is 34.0. The minimum absolute atomic E-state index is 0.135. The van der Waals surface area contributed by atoms with Crippen LogP contribution in [0.15, 0.2) is 59.4 Å². The molecule has 28 heavy (non-hydrogen) atoms. The number of nitrogens with zero attached hydrogens (tertiary/aromatic N) is 2. The molecule has 1 N–H and O–H groups in total. The number of aromatic amines is 1. The van der Waals surface area contributed by atoms with E-state index in [0.29, 0.717) is 28.3 Å². The van der Waals surface area contributed by atoms with E-state index in [2.05, 4.69) is 16.9 Å². The Hall–Kier alpha value is -2.92. The van der Waals surface area contributed by atoms with Crippen LogP contribution in [0, 0.1) is 0 Å². The lowest BCUT2D eigenvalue weighted by atomic mass is 10.2. The Morgan fingerprint density at radius 1 is 1.21 bits per heavy atom. The second kappa shape index (κ2) is 9.33. The summed E-state index contributed by atoms with van der Waals surface area (Å²) in [5.41, 5.74) is 1.28. The first kappa shape index (κ1) is 19.8. The summed E-state index contributed by atoms with van der Waals surface area (Å²) in [6.45, 7) is 2.91. The molecule has 3 aromatic rings. The van der Waals surface area contributed by atoms with E-state index < -0.39 is 0 Å². The number of nitrogens with one attached hydrogen (secondary N) is 1. The zero-order valence-electron chi connectivity index (χ0n) is 15.7. The van der Waals surface area contributed by atoms with Crippen molar-refractivity contribution in [2.45, 2.75) is 26.3 Å². The van der Waals surface area contributed by atoms with E-state index in [1.807, 2.05) is 18.2 Å². The normalized spacial score (nSPS) is 11.2. The molecule has 3 rings (SSSR count). The van der Waals surface area contributed by atoms with Gasteiger partial charge in [0.15, 0.2) is 0 Å². The third-order valence-corrected chi connectivity index (χ3v) is 4.60. The van der Waals surface area contributed by atoms with E-state index in [4.69, 9.17) is 11.6 Å². The number of amides is 1. The topological polar surface area (TPSA) is 66.1 Å². The molecular formula is C22H22ClN3O2. The van der Waals surface area contributed by atoms with Crippen LogP contribution >= 0.6 is 11.6 Å². The highest BCUT2D eigenvalue weighted by molar-refractivity contribution is 6.30. The highest BCUT2D eigenvalue weighted by atomic mass is 35.5. The SMILES string of the molecule is CCCCN(Cc1nc2ccccc2c(=O)[nH]1)C(=O)/C=C/c1cccc(Cl)c1. The minimum Gasteiger partial charge on any atom is -0.332 e. The Balaban J connectivity index is 1.81. The Morgan fingerprint density at radius 2 is 2.04 bits per heavy atom. The molecule has 0 saturated carbocycles. The molecule has 144 valence electrons. The van der Waals surface area contributed by atoms with Crippen LogP contribution in [0.4, 0.5) is 0 Å².